The molecule has 4 rings (SSSR count). The molecule has 0 unspecified atom stereocenters. The Bertz CT molecular complexity index is 1560. The fourth-order valence-electron chi connectivity index (χ4n) is 3.30. The minimum Gasteiger partial charge on any atom is -0.280 e. The summed E-state index contributed by atoms with van der Waals surface area (Å²) in [6.45, 7) is 0. The molecule has 4 aromatic rings. The summed E-state index contributed by atoms with van der Waals surface area (Å²) in [5.41, 5.74) is 0.585. The fraction of sp³-hybridized carbons (Fsp3) is 0.0952. The topological polar surface area (TPSA) is 109 Å². The van der Waals surface area contributed by atoms with Crippen LogP contribution in [0.5, 0.6) is 0 Å². The lowest BCUT2D eigenvalue weighted by Gasteiger charge is -2.11. The number of sulfone groups is 1. The molecule has 3 aromatic carbocycles. The molecule has 0 atom stereocenters. The van der Waals surface area contributed by atoms with E-state index in [1.807, 2.05) is 0 Å². The number of alkyl halides is 3. The van der Waals surface area contributed by atoms with Gasteiger partial charge in [0.05, 0.1) is 21.7 Å². The maximum atomic E-state index is 12.9. The summed E-state index contributed by atoms with van der Waals surface area (Å²) in [5.74, 6) is 0. The molecule has 0 spiro atoms. The van der Waals surface area contributed by atoms with Gasteiger partial charge in [-0.05, 0) is 42.5 Å². The number of nitrogens with one attached hydrogen (secondary N) is 2. The van der Waals surface area contributed by atoms with Crippen LogP contribution in [0, 0.1) is 0 Å². The minimum atomic E-state index is -4.47. The first-order chi connectivity index (χ1) is 15.4. The van der Waals surface area contributed by atoms with Crippen LogP contribution in [-0.4, -0.2) is 33.3 Å². The van der Waals surface area contributed by atoms with Crippen LogP contribution in [0.1, 0.15) is 5.56 Å². The number of benzene rings is 3. The number of hydrogen-bond acceptors (Lipinski definition) is 5. The van der Waals surface area contributed by atoms with Gasteiger partial charge in [0.2, 0.25) is 0 Å². The van der Waals surface area contributed by atoms with Gasteiger partial charge in [-0.1, -0.05) is 24.3 Å². The molecule has 0 radical (unpaired) electrons. The average Bonchev–Trinajstić information content (AvgIpc) is 3.15. The van der Waals surface area contributed by atoms with Crippen LogP contribution in [-0.2, 0) is 26.0 Å². The molecule has 1 aromatic heterocycles. The maximum absolute atomic E-state index is 12.9. The van der Waals surface area contributed by atoms with Crippen molar-refractivity contribution in [3.8, 4) is 11.3 Å². The van der Waals surface area contributed by atoms with E-state index in [0.29, 0.717) is 22.2 Å². The minimum absolute atomic E-state index is 0.125. The van der Waals surface area contributed by atoms with Gasteiger partial charge in [0.15, 0.2) is 9.84 Å². The molecule has 0 saturated heterocycles. The van der Waals surface area contributed by atoms with Crippen LogP contribution < -0.4 is 4.72 Å². The van der Waals surface area contributed by atoms with Gasteiger partial charge in [-0.2, -0.15) is 18.3 Å². The number of H-pyrrole nitrogens is 1. The van der Waals surface area contributed by atoms with Gasteiger partial charge in [-0.15, -0.1) is 0 Å². The van der Waals surface area contributed by atoms with Gasteiger partial charge < -0.3 is 0 Å². The summed E-state index contributed by atoms with van der Waals surface area (Å²) >= 11 is 0. The Morgan fingerprint density at radius 1 is 0.879 bits per heavy atom. The van der Waals surface area contributed by atoms with Gasteiger partial charge in [0.25, 0.3) is 10.0 Å². The van der Waals surface area contributed by atoms with Crippen molar-refractivity contribution in [3.05, 3.63) is 72.3 Å². The molecule has 0 saturated carbocycles. The van der Waals surface area contributed by atoms with Crippen molar-refractivity contribution in [3.63, 3.8) is 0 Å². The van der Waals surface area contributed by atoms with Crippen molar-refractivity contribution < 1.29 is 30.0 Å². The molecule has 172 valence electrons. The number of aromatic nitrogens is 2. The predicted octanol–water partition coefficient (Wildman–Crippen LogP) is 4.45. The molecule has 0 aliphatic rings. The smallest absolute Gasteiger partial charge is 0.280 e. The molecule has 12 heteroatoms. The number of hydrogen-bond donors (Lipinski definition) is 2. The Balaban J connectivity index is 1.73. The third kappa shape index (κ3) is 4.57. The van der Waals surface area contributed by atoms with Gasteiger partial charge >= 0.3 is 6.18 Å². The first-order valence-corrected chi connectivity index (χ1v) is 12.7. The standard InChI is InChI=1S/C21H16F3N3O4S2/c1-32(28,29)18-4-2-3-5-19(18)33(30,31)27-15-10-11-17-16(12-15)20(26-25-17)13-6-8-14(9-7-13)21(22,23)24/h2-12,27H,1H3,(H,25,26). The normalized spacial score (nSPS) is 12.7. The highest BCUT2D eigenvalue weighted by molar-refractivity contribution is 7.95. The molecule has 0 bridgehead atoms. The number of anilines is 1. The van der Waals surface area contributed by atoms with Crippen LogP contribution in [0.2, 0.25) is 0 Å². The van der Waals surface area contributed by atoms with Crippen molar-refractivity contribution in [1.82, 2.24) is 10.2 Å². The van der Waals surface area contributed by atoms with Gasteiger partial charge in [-0.3, -0.25) is 9.82 Å². The van der Waals surface area contributed by atoms with Gasteiger partial charge in [0, 0.05) is 22.9 Å². The van der Waals surface area contributed by atoms with E-state index < -0.39 is 36.5 Å². The van der Waals surface area contributed by atoms with Crippen LogP contribution in [0.4, 0.5) is 18.9 Å². The van der Waals surface area contributed by atoms with Crippen molar-refractivity contribution in [2.45, 2.75) is 16.0 Å². The quantitative estimate of drug-likeness (QED) is 0.425. The lowest BCUT2D eigenvalue weighted by molar-refractivity contribution is -0.137. The van der Waals surface area contributed by atoms with E-state index in [2.05, 4.69) is 14.9 Å². The Morgan fingerprint density at radius 2 is 1.52 bits per heavy atom. The summed E-state index contributed by atoms with van der Waals surface area (Å²) < 4.78 is 90.7. The molecule has 0 amide bonds. The molecular formula is C21H16F3N3O4S2. The zero-order valence-electron chi connectivity index (χ0n) is 16.9. The molecule has 0 fully saturated rings. The van der Waals surface area contributed by atoms with Crippen LogP contribution in [0.25, 0.3) is 22.2 Å². The third-order valence-electron chi connectivity index (χ3n) is 4.84. The van der Waals surface area contributed by atoms with Crippen molar-refractivity contribution >= 4 is 36.5 Å². The van der Waals surface area contributed by atoms with E-state index in [1.54, 1.807) is 6.07 Å². The van der Waals surface area contributed by atoms with E-state index in [9.17, 15) is 30.0 Å². The van der Waals surface area contributed by atoms with E-state index in [1.165, 1.54) is 48.5 Å². The van der Waals surface area contributed by atoms with E-state index in [-0.39, 0.29) is 10.6 Å². The zero-order valence-corrected chi connectivity index (χ0v) is 18.5. The third-order valence-corrected chi connectivity index (χ3v) is 7.56. The molecule has 0 aliphatic heterocycles. The monoisotopic (exact) mass is 495 g/mol. The van der Waals surface area contributed by atoms with Crippen LogP contribution >= 0.6 is 0 Å². The summed E-state index contributed by atoms with van der Waals surface area (Å²) in [4.78, 5) is -0.741. The highest BCUT2D eigenvalue weighted by Gasteiger charge is 2.30. The Hall–Kier alpha value is -3.38. The lowest BCUT2D eigenvalue weighted by atomic mass is 10.1. The Labute approximate surface area is 187 Å². The highest BCUT2D eigenvalue weighted by atomic mass is 32.2. The number of nitrogens with zero attached hydrogens (tertiary/aromatic N) is 1. The second kappa shape index (κ2) is 7.89. The first-order valence-electron chi connectivity index (χ1n) is 9.34. The van der Waals surface area contributed by atoms with E-state index >= 15 is 0 Å². The molecular weight excluding hydrogens is 479 g/mol. The SMILES string of the molecule is CS(=O)(=O)c1ccccc1S(=O)(=O)Nc1ccc2[nH]nc(-c3ccc(C(F)(F)F)cc3)c2c1. The summed E-state index contributed by atoms with van der Waals surface area (Å²) in [6.07, 6.45) is -3.56. The summed E-state index contributed by atoms with van der Waals surface area (Å²) in [5, 5.41) is 7.35. The van der Waals surface area contributed by atoms with E-state index in [4.69, 9.17) is 0 Å². The first kappa shape index (κ1) is 22.8. The molecule has 1 heterocycles. The van der Waals surface area contributed by atoms with Crippen LogP contribution in [0.3, 0.4) is 0 Å². The Kier molecular flexibility index (Phi) is 5.45. The van der Waals surface area contributed by atoms with Gasteiger partial charge in [-0.25, -0.2) is 16.8 Å². The van der Waals surface area contributed by atoms with Crippen molar-refractivity contribution in [2.24, 2.45) is 0 Å². The molecule has 7 nitrogen and oxygen atoms in total. The summed E-state index contributed by atoms with van der Waals surface area (Å²) in [7, 11) is -8.07. The van der Waals surface area contributed by atoms with Crippen molar-refractivity contribution in [1.29, 1.82) is 0 Å². The van der Waals surface area contributed by atoms with Crippen LogP contribution in [0.15, 0.2) is 76.5 Å². The highest BCUT2D eigenvalue weighted by Crippen LogP contribution is 2.33. The number of halogens is 3. The second-order valence-electron chi connectivity index (χ2n) is 7.23. The number of rotatable bonds is 5. The molecule has 0 aliphatic carbocycles. The van der Waals surface area contributed by atoms with Gasteiger partial charge in [0.1, 0.15) is 4.90 Å². The molecule has 2 N–H and O–H groups in total. The number of fused-ring (bicyclic) bond motifs is 1. The number of sulfonamides is 1. The maximum Gasteiger partial charge on any atom is 0.416 e. The largest absolute Gasteiger partial charge is 0.416 e. The van der Waals surface area contributed by atoms with Crippen molar-refractivity contribution in [2.75, 3.05) is 11.0 Å². The van der Waals surface area contributed by atoms with E-state index in [0.717, 1.165) is 18.4 Å². The number of aromatic amines is 1. The average molecular weight is 496 g/mol. The fourth-order valence-corrected chi connectivity index (χ4v) is 5.98. The lowest BCUT2D eigenvalue weighted by Crippen LogP contribution is -2.16. The molecule has 33 heavy (non-hydrogen) atoms. The Morgan fingerprint density at radius 3 is 2.12 bits per heavy atom. The second-order valence-corrected chi connectivity index (χ2v) is 10.9. The predicted molar refractivity (Wildman–Crippen MR) is 117 cm³/mol. The summed E-state index contributed by atoms with van der Waals surface area (Å²) in [6, 6.07) is 14.1. The zero-order chi connectivity index (χ0) is 24.0.